The fourth-order valence-electron chi connectivity index (χ4n) is 1.61. The van der Waals surface area contributed by atoms with E-state index in [9.17, 15) is 0 Å². The van der Waals surface area contributed by atoms with Crippen LogP contribution in [0.25, 0.3) is 10.1 Å². The van der Waals surface area contributed by atoms with Crippen LogP contribution in [0.3, 0.4) is 0 Å². The van der Waals surface area contributed by atoms with Crippen molar-refractivity contribution in [1.82, 2.24) is 0 Å². The van der Waals surface area contributed by atoms with Crippen molar-refractivity contribution < 1.29 is 0 Å². The van der Waals surface area contributed by atoms with E-state index in [4.69, 9.17) is 5.73 Å². The minimum Gasteiger partial charge on any atom is -0.324 e. The Bertz CT molecular complexity index is 429. The Hall–Kier alpha value is -0.860. The molecule has 0 saturated carbocycles. The maximum absolute atomic E-state index is 5.89. The van der Waals surface area contributed by atoms with Gasteiger partial charge in [0.05, 0.1) is 0 Å². The van der Waals surface area contributed by atoms with E-state index in [0.29, 0.717) is 0 Å². The SMILES string of the molecule is Cc1cc2c(C(C)N)cccc2s1. The summed E-state index contributed by atoms with van der Waals surface area (Å²) in [6, 6.07) is 8.69. The number of fused-ring (bicyclic) bond motifs is 1. The summed E-state index contributed by atoms with van der Waals surface area (Å²) in [5, 5.41) is 1.32. The third kappa shape index (κ3) is 1.47. The molecule has 1 atom stereocenters. The lowest BCUT2D eigenvalue weighted by Crippen LogP contribution is -2.04. The normalized spacial score (nSPS) is 13.5. The summed E-state index contributed by atoms with van der Waals surface area (Å²) >= 11 is 1.83. The van der Waals surface area contributed by atoms with Crippen LogP contribution in [0.5, 0.6) is 0 Å². The molecular formula is C11H13NS. The smallest absolute Gasteiger partial charge is 0.0348 e. The first kappa shape index (κ1) is 8.73. The van der Waals surface area contributed by atoms with Crippen LogP contribution in [0.4, 0.5) is 0 Å². The first-order valence-electron chi connectivity index (χ1n) is 4.43. The van der Waals surface area contributed by atoms with Gasteiger partial charge in [-0.25, -0.2) is 0 Å². The molecule has 0 fully saturated rings. The van der Waals surface area contributed by atoms with Crippen LogP contribution in [0, 0.1) is 6.92 Å². The largest absolute Gasteiger partial charge is 0.324 e. The highest BCUT2D eigenvalue weighted by Gasteiger charge is 2.06. The lowest BCUT2D eigenvalue weighted by Gasteiger charge is -2.06. The molecule has 0 aliphatic rings. The van der Waals surface area contributed by atoms with Crippen molar-refractivity contribution in [1.29, 1.82) is 0 Å². The van der Waals surface area contributed by atoms with Gasteiger partial charge in [0, 0.05) is 15.6 Å². The molecule has 0 aliphatic carbocycles. The number of rotatable bonds is 1. The number of hydrogen-bond donors (Lipinski definition) is 1. The predicted octanol–water partition coefficient (Wildman–Crippen LogP) is 3.23. The number of aryl methyl sites for hydroxylation is 1. The van der Waals surface area contributed by atoms with Crippen LogP contribution in [0.1, 0.15) is 23.4 Å². The standard InChI is InChI=1S/C11H13NS/c1-7-6-10-9(8(2)12)4-3-5-11(10)13-7/h3-6,8H,12H2,1-2H3. The van der Waals surface area contributed by atoms with E-state index in [-0.39, 0.29) is 6.04 Å². The van der Waals surface area contributed by atoms with E-state index in [1.54, 1.807) is 0 Å². The Morgan fingerprint density at radius 2 is 2.15 bits per heavy atom. The van der Waals surface area contributed by atoms with Gasteiger partial charge >= 0.3 is 0 Å². The lowest BCUT2D eigenvalue weighted by molar-refractivity contribution is 0.827. The lowest BCUT2D eigenvalue weighted by atomic mass is 10.1. The van der Waals surface area contributed by atoms with Gasteiger partial charge in [-0.1, -0.05) is 12.1 Å². The molecule has 0 bridgehead atoms. The molecule has 2 aromatic rings. The Morgan fingerprint density at radius 3 is 2.85 bits per heavy atom. The molecule has 0 aliphatic heterocycles. The van der Waals surface area contributed by atoms with Crippen molar-refractivity contribution in [3.8, 4) is 0 Å². The average Bonchev–Trinajstić information content (AvgIpc) is 2.43. The summed E-state index contributed by atoms with van der Waals surface area (Å²) in [5.74, 6) is 0. The van der Waals surface area contributed by atoms with Gasteiger partial charge in [-0.2, -0.15) is 0 Å². The van der Waals surface area contributed by atoms with Crippen LogP contribution in [0.15, 0.2) is 24.3 Å². The third-order valence-electron chi connectivity index (χ3n) is 2.21. The monoisotopic (exact) mass is 191 g/mol. The quantitative estimate of drug-likeness (QED) is 0.735. The maximum atomic E-state index is 5.89. The van der Waals surface area contributed by atoms with Gasteiger partial charge in [0.15, 0.2) is 0 Å². The molecule has 68 valence electrons. The zero-order valence-corrected chi connectivity index (χ0v) is 8.69. The number of benzene rings is 1. The molecule has 0 radical (unpaired) electrons. The van der Waals surface area contributed by atoms with Gasteiger partial charge in [0.1, 0.15) is 0 Å². The van der Waals surface area contributed by atoms with Crippen LogP contribution in [-0.4, -0.2) is 0 Å². The van der Waals surface area contributed by atoms with Gasteiger partial charge in [-0.05, 0) is 36.9 Å². The highest BCUT2D eigenvalue weighted by Crippen LogP contribution is 2.29. The van der Waals surface area contributed by atoms with Crippen molar-refractivity contribution in [2.75, 3.05) is 0 Å². The Balaban J connectivity index is 2.75. The summed E-state index contributed by atoms with van der Waals surface area (Å²) in [6.07, 6.45) is 0. The Morgan fingerprint density at radius 1 is 1.38 bits per heavy atom. The molecule has 13 heavy (non-hydrogen) atoms. The fraction of sp³-hybridized carbons (Fsp3) is 0.273. The van der Waals surface area contributed by atoms with Crippen LogP contribution in [0.2, 0.25) is 0 Å². The number of nitrogens with two attached hydrogens (primary N) is 1. The van der Waals surface area contributed by atoms with E-state index in [0.717, 1.165) is 0 Å². The molecule has 0 spiro atoms. The zero-order chi connectivity index (χ0) is 9.42. The van der Waals surface area contributed by atoms with Crippen LogP contribution in [-0.2, 0) is 0 Å². The van der Waals surface area contributed by atoms with Crippen LogP contribution >= 0.6 is 11.3 Å². The first-order chi connectivity index (χ1) is 6.18. The Labute approximate surface area is 82.2 Å². The number of hydrogen-bond acceptors (Lipinski definition) is 2. The first-order valence-corrected chi connectivity index (χ1v) is 5.25. The van der Waals surface area contributed by atoms with E-state index >= 15 is 0 Å². The molecule has 2 N–H and O–H groups in total. The summed E-state index contributed by atoms with van der Waals surface area (Å²) < 4.78 is 1.34. The molecule has 1 heterocycles. The second-order valence-corrected chi connectivity index (χ2v) is 4.69. The molecule has 2 rings (SSSR count). The molecule has 1 unspecified atom stereocenters. The van der Waals surface area contributed by atoms with Crippen molar-refractivity contribution in [2.24, 2.45) is 5.73 Å². The van der Waals surface area contributed by atoms with E-state index in [1.165, 1.54) is 20.5 Å². The molecule has 1 aromatic heterocycles. The minimum absolute atomic E-state index is 0.123. The highest BCUT2D eigenvalue weighted by molar-refractivity contribution is 7.19. The third-order valence-corrected chi connectivity index (χ3v) is 3.22. The van der Waals surface area contributed by atoms with Crippen molar-refractivity contribution in [3.05, 3.63) is 34.7 Å². The summed E-state index contributed by atoms with van der Waals surface area (Å²) in [5.41, 5.74) is 7.15. The topological polar surface area (TPSA) is 26.0 Å². The molecule has 0 saturated heterocycles. The van der Waals surface area contributed by atoms with Gasteiger partial charge in [0.25, 0.3) is 0 Å². The summed E-state index contributed by atoms with van der Waals surface area (Å²) in [4.78, 5) is 1.35. The maximum Gasteiger partial charge on any atom is 0.0348 e. The van der Waals surface area contributed by atoms with E-state index < -0.39 is 0 Å². The van der Waals surface area contributed by atoms with Crippen molar-refractivity contribution >= 4 is 21.4 Å². The molecule has 2 heteroatoms. The molecule has 1 nitrogen and oxygen atoms in total. The molecular weight excluding hydrogens is 178 g/mol. The van der Waals surface area contributed by atoms with E-state index in [1.807, 2.05) is 18.3 Å². The molecule has 1 aromatic carbocycles. The van der Waals surface area contributed by atoms with Gasteiger partial charge in [0.2, 0.25) is 0 Å². The second kappa shape index (κ2) is 3.13. The van der Waals surface area contributed by atoms with Gasteiger partial charge in [-0.3, -0.25) is 0 Å². The van der Waals surface area contributed by atoms with Crippen molar-refractivity contribution in [3.63, 3.8) is 0 Å². The predicted molar refractivity (Wildman–Crippen MR) is 59.2 cm³/mol. The van der Waals surface area contributed by atoms with Crippen molar-refractivity contribution in [2.45, 2.75) is 19.9 Å². The highest BCUT2D eigenvalue weighted by atomic mass is 32.1. The summed E-state index contributed by atoms with van der Waals surface area (Å²) in [7, 11) is 0. The number of thiophene rings is 1. The van der Waals surface area contributed by atoms with Crippen LogP contribution < -0.4 is 5.73 Å². The fourth-order valence-corrected chi connectivity index (χ4v) is 2.56. The minimum atomic E-state index is 0.123. The summed E-state index contributed by atoms with van der Waals surface area (Å²) in [6.45, 7) is 4.16. The van der Waals surface area contributed by atoms with E-state index in [2.05, 4.69) is 31.2 Å². The van der Waals surface area contributed by atoms with Gasteiger partial charge in [-0.15, -0.1) is 11.3 Å². The average molecular weight is 191 g/mol. The second-order valence-electron chi connectivity index (χ2n) is 3.40. The van der Waals surface area contributed by atoms with Gasteiger partial charge < -0.3 is 5.73 Å². The zero-order valence-electron chi connectivity index (χ0n) is 7.87. The molecule has 0 amide bonds. The Kier molecular flexibility index (Phi) is 2.10.